The summed E-state index contributed by atoms with van der Waals surface area (Å²) >= 11 is 0. The fourth-order valence-corrected chi connectivity index (χ4v) is 9.65. The Kier molecular flexibility index (Phi) is 5.18. The van der Waals surface area contributed by atoms with Crippen molar-refractivity contribution in [3.05, 3.63) is 158 Å². The fourth-order valence-electron chi connectivity index (χ4n) is 9.65. The van der Waals surface area contributed by atoms with Crippen LogP contribution in [0, 0.1) is 0 Å². The van der Waals surface area contributed by atoms with Crippen LogP contribution in [0.2, 0.25) is 0 Å². The molecule has 0 radical (unpaired) electrons. The first-order chi connectivity index (χ1) is 27.8. The minimum Gasteiger partial charge on any atom is -0.456 e. The number of furan rings is 2. The second kappa shape index (κ2) is 10.1. The highest BCUT2D eigenvalue weighted by Crippen LogP contribution is 2.48. The number of para-hydroxylation sites is 2. The summed E-state index contributed by atoms with van der Waals surface area (Å²) in [5.41, 5.74) is 13.6. The van der Waals surface area contributed by atoms with Gasteiger partial charge >= 0.3 is 0 Å². The fraction of sp³-hybridized carbons (Fsp3) is 0. The molecule has 0 amide bonds. The summed E-state index contributed by atoms with van der Waals surface area (Å²) in [6.45, 7) is 0. The Bertz CT molecular complexity index is 3940. The summed E-state index contributed by atoms with van der Waals surface area (Å²) in [4.78, 5) is 10.8. The van der Waals surface area contributed by atoms with Gasteiger partial charge < -0.3 is 13.2 Å². The third kappa shape index (κ3) is 3.52. The van der Waals surface area contributed by atoms with Gasteiger partial charge in [-0.2, -0.15) is 0 Å². The molecule has 8 aromatic carbocycles. The topological polar surface area (TPSA) is 61.4 Å². The third-order valence-electron chi connectivity index (χ3n) is 12.1. The van der Waals surface area contributed by atoms with E-state index in [9.17, 15) is 0 Å². The predicted octanol–water partition coefficient (Wildman–Crippen LogP) is 13.3. The minimum atomic E-state index is 0.590. The van der Waals surface area contributed by atoms with Crippen molar-refractivity contribution in [1.29, 1.82) is 0 Å². The summed E-state index contributed by atoms with van der Waals surface area (Å²) in [6.07, 6.45) is 0. The first-order valence-electron chi connectivity index (χ1n) is 18.9. The van der Waals surface area contributed by atoms with Crippen LogP contribution in [0.25, 0.3) is 132 Å². The molecule has 0 atom stereocenters. The van der Waals surface area contributed by atoms with E-state index in [0.29, 0.717) is 11.5 Å². The van der Waals surface area contributed by atoms with E-state index >= 15 is 0 Å². The van der Waals surface area contributed by atoms with Gasteiger partial charge in [-0.1, -0.05) is 103 Å². The maximum Gasteiger partial charge on any atom is 0.236 e. The predicted molar refractivity (Wildman–Crippen MR) is 228 cm³/mol. The van der Waals surface area contributed by atoms with E-state index < -0.39 is 0 Å². The van der Waals surface area contributed by atoms with Gasteiger partial charge in [-0.3, -0.25) is 4.57 Å². The molecular weight excluding hydrogens is 689 g/mol. The Morgan fingerprint density at radius 1 is 0.411 bits per heavy atom. The molecule has 0 aliphatic rings. The molecule has 0 N–H and O–H groups in total. The van der Waals surface area contributed by atoms with E-state index in [1.54, 1.807) is 0 Å². The zero-order valence-electron chi connectivity index (χ0n) is 29.6. The molecule has 14 aromatic rings. The molecule has 6 nitrogen and oxygen atoms in total. The first kappa shape index (κ1) is 28.8. The molecule has 6 aromatic heterocycles. The minimum absolute atomic E-state index is 0.590. The Hall–Kier alpha value is -7.70. The number of fused-ring (bicyclic) bond motifs is 8. The average molecular weight is 715 g/mol. The molecule has 0 saturated heterocycles. The van der Waals surface area contributed by atoms with Crippen molar-refractivity contribution >= 4 is 104 Å². The van der Waals surface area contributed by atoms with Crippen LogP contribution in [0.1, 0.15) is 0 Å². The van der Waals surface area contributed by atoms with Gasteiger partial charge in [0, 0.05) is 37.9 Å². The standard InChI is InChI=1S/C50H26N4O2/c1-2-9-30-26-31(21-18-27(30)8-1)28-16-19-29(20-17-28)46-49-47(34-11-4-6-14-39(34)56-49)52-50(51-46)54-37-24-25-41-45-42-36(13-7-15-40(42)55-41)53-35-12-5-3-10-32(35)33-22-23-38(54)44(43(37)45)48(33)53/h1-26H. The monoisotopic (exact) mass is 714 g/mol. The highest BCUT2D eigenvalue weighted by molar-refractivity contribution is 6.37. The summed E-state index contributed by atoms with van der Waals surface area (Å²) in [5, 5.41) is 10.4. The van der Waals surface area contributed by atoms with Crippen molar-refractivity contribution in [2.24, 2.45) is 0 Å². The lowest BCUT2D eigenvalue weighted by molar-refractivity contribution is 0.666. The molecule has 258 valence electrons. The van der Waals surface area contributed by atoms with Gasteiger partial charge in [-0.15, -0.1) is 0 Å². The molecule has 0 bridgehead atoms. The van der Waals surface area contributed by atoms with Crippen molar-refractivity contribution in [2.45, 2.75) is 0 Å². The number of benzene rings is 8. The van der Waals surface area contributed by atoms with Gasteiger partial charge in [0.05, 0.1) is 33.0 Å². The molecule has 6 heterocycles. The zero-order chi connectivity index (χ0) is 36.2. The summed E-state index contributed by atoms with van der Waals surface area (Å²) < 4.78 is 17.9. The van der Waals surface area contributed by atoms with Crippen LogP contribution in [0.4, 0.5) is 0 Å². The van der Waals surface area contributed by atoms with Crippen LogP contribution in [-0.2, 0) is 0 Å². The van der Waals surface area contributed by atoms with Gasteiger partial charge in [0.1, 0.15) is 28.0 Å². The van der Waals surface area contributed by atoms with Crippen LogP contribution in [0.3, 0.4) is 0 Å². The van der Waals surface area contributed by atoms with Crippen molar-refractivity contribution in [1.82, 2.24) is 18.9 Å². The second-order valence-corrected chi connectivity index (χ2v) is 14.9. The van der Waals surface area contributed by atoms with Crippen LogP contribution < -0.4 is 0 Å². The lowest BCUT2D eigenvalue weighted by Crippen LogP contribution is -2.03. The van der Waals surface area contributed by atoms with Gasteiger partial charge in [0.15, 0.2) is 5.58 Å². The highest BCUT2D eigenvalue weighted by atomic mass is 16.3. The SMILES string of the molecule is c1ccc2cc(-c3ccc(-c4nc(-n5c6ccc7oc8cccc9c8c7c6c6c5ccc5c7ccccc7n9c56)nc5c4oc4ccccc45)cc3)ccc2c1. The first-order valence-corrected chi connectivity index (χ1v) is 18.9. The van der Waals surface area contributed by atoms with E-state index in [4.69, 9.17) is 18.8 Å². The van der Waals surface area contributed by atoms with E-state index in [1.807, 2.05) is 18.2 Å². The molecule has 14 rings (SSSR count). The summed E-state index contributed by atoms with van der Waals surface area (Å²) in [6, 6.07) is 55.8. The van der Waals surface area contributed by atoms with Gasteiger partial charge in [0.2, 0.25) is 5.95 Å². The molecular formula is C50H26N4O2. The zero-order valence-corrected chi connectivity index (χ0v) is 29.6. The average Bonchev–Trinajstić information content (AvgIpc) is 3.98. The van der Waals surface area contributed by atoms with Crippen molar-refractivity contribution in [2.75, 3.05) is 0 Å². The molecule has 56 heavy (non-hydrogen) atoms. The number of hydrogen-bond donors (Lipinski definition) is 0. The molecule has 0 unspecified atom stereocenters. The van der Waals surface area contributed by atoms with Crippen LogP contribution in [0.15, 0.2) is 167 Å². The molecule has 0 aliphatic heterocycles. The normalized spacial score (nSPS) is 12.6. The summed E-state index contributed by atoms with van der Waals surface area (Å²) in [7, 11) is 0. The maximum absolute atomic E-state index is 6.59. The smallest absolute Gasteiger partial charge is 0.236 e. The Balaban J connectivity index is 1.09. The molecule has 0 aliphatic carbocycles. The third-order valence-corrected chi connectivity index (χ3v) is 12.1. The largest absolute Gasteiger partial charge is 0.456 e. The van der Waals surface area contributed by atoms with Gasteiger partial charge in [0.25, 0.3) is 0 Å². The van der Waals surface area contributed by atoms with Crippen molar-refractivity contribution in [3.63, 3.8) is 0 Å². The van der Waals surface area contributed by atoms with Crippen LogP contribution in [-0.4, -0.2) is 18.9 Å². The molecule has 0 fully saturated rings. The number of nitrogens with zero attached hydrogens (tertiary/aromatic N) is 4. The van der Waals surface area contributed by atoms with E-state index in [1.165, 1.54) is 43.5 Å². The molecule has 0 saturated carbocycles. The van der Waals surface area contributed by atoms with Crippen molar-refractivity contribution in [3.8, 4) is 28.3 Å². The molecule has 6 heteroatoms. The Morgan fingerprint density at radius 3 is 2.05 bits per heavy atom. The lowest BCUT2D eigenvalue weighted by atomic mass is 9.99. The van der Waals surface area contributed by atoms with Gasteiger partial charge in [-0.05, 0) is 76.5 Å². The number of rotatable bonds is 3. The Morgan fingerprint density at radius 2 is 1.12 bits per heavy atom. The van der Waals surface area contributed by atoms with E-state index in [0.717, 1.165) is 77.2 Å². The van der Waals surface area contributed by atoms with Crippen LogP contribution in [0.5, 0.6) is 0 Å². The Labute approximate surface area is 316 Å². The van der Waals surface area contributed by atoms with Crippen molar-refractivity contribution < 1.29 is 8.83 Å². The van der Waals surface area contributed by atoms with Crippen LogP contribution >= 0.6 is 0 Å². The van der Waals surface area contributed by atoms with E-state index in [-0.39, 0.29) is 0 Å². The lowest BCUT2D eigenvalue weighted by Gasteiger charge is -2.10. The number of aromatic nitrogens is 4. The molecule has 0 spiro atoms. The van der Waals surface area contributed by atoms with E-state index in [2.05, 4.69) is 148 Å². The maximum atomic E-state index is 6.59. The second-order valence-electron chi connectivity index (χ2n) is 14.9. The van der Waals surface area contributed by atoms with Gasteiger partial charge in [-0.25, -0.2) is 9.97 Å². The highest BCUT2D eigenvalue weighted by Gasteiger charge is 2.28. The quantitative estimate of drug-likeness (QED) is 0.183. The summed E-state index contributed by atoms with van der Waals surface area (Å²) in [5.74, 6) is 0.590. The number of hydrogen-bond acceptors (Lipinski definition) is 4.